The molecule has 33 heavy (non-hydrogen) atoms. The van der Waals surface area contributed by atoms with E-state index in [9.17, 15) is 18.4 Å². The Hall–Kier alpha value is -3.85. The van der Waals surface area contributed by atoms with Crippen LogP contribution in [0.5, 0.6) is 0 Å². The van der Waals surface area contributed by atoms with Crippen LogP contribution in [0.3, 0.4) is 0 Å². The zero-order valence-corrected chi connectivity index (χ0v) is 18.0. The van der Waals surface area contributed by atoms with E-state index in [-0.39, 0.29) is 11.9 Å². The van der Waals surface area contributed by atoms with Gasteiger partial charge in [-0.05, 0) is 24.1 Å². The summed E-state index contributed by atoms with van der Waals surface area (Å²) in [5.41, 5.74) is 6.79. The van der Waals surface area contributed by atoms with Crippen molar-refractivity contribution >= 4 is 38.0 Å². The van der Waals surface area contributed by atoms with Crippen molar-refractivity contribution in [3.05, 3.63) is 47.6 Å². The summed E-state index contributed by atoms with van der Waals surface area (Å²) < 4.78 is 47.0. The molecule has 4 heterocycles. The molecule has 1 aromatic carbocycles. The number of hydrogen-bond donors (Lipinski definition) is 1. The lowest BCUT2D eigenvalue weighted by atomic mass is 10.1. The van der Waals surface area contributed by atoms with Crippen LogP contribution >= 0.6 is 11.3 Å². The topological polar surface area (TPSA) is 110 Å². The van der Waals surface area contributed by atoms with E-state index < -0.39 is 11.9 Å². The van der Waals surface area contributed by atoms with Gasteiger partial charge in [-0.3, -0.25) is 0 Å². The highest BCUT2D eigenvalue weighted by atomic mass is 32.1. The molecule has 2 N–H and O–H groups in total. The normalized spacial score (nSPS) is 14.5. The number of halogens is 3. The van der Waals surface area contributed by atoms with Crippen LogP contribution in [0, 0.1) is 11.3 Å². The monoisotopic (exact) mass is 471 g/mol. The molecule has 0 fully saturated rings. The van der Waals surface area contributed by atoms with E-state index in [1.165, 1.54) is 15.9 Å². The number of anilines is 2. The molecule has 0 atom stereocenters. The van der Waals surface area contributed by atoms with Crippen molar-refractivity contribution in [2.75, 3.05) is 23.7 Å². The third kappa shape index (κ3) is 3.60. The molecule has 0 unspecified atom stereocenters. The van der Waals surface area contributed by atoms with Gasteiger partial charge in [0.25, 0.3) is 0 Å². The van der Waals surface area contributed by atoms with Gasteiger partial charge in [0.2, 0.25) is 5.89 Å². The molecule has 168 valence electrons. The maximum absolute atomic E-state index is 13.0. The number of nitrogens with zero attached hydrogens (tertiary/aromatic N) is 6. The second-order valence-electron chi connectivity index (χ2n) is 7.51. The molecule has 0 amide bonds. The Labute approximate surface area is 189 Å². The first kappa shape index (κ1) is 21.0. The summed E-state index contributed by atoms with van der Waals surface area (Å²) in [6, 6.07) is 7.91. The standard InChI is InChI=1S/C21H16F3N7OS/c1-30-10-15(21(22,23)24)27-18(30)11-5-7-31(8-6-11)20-29-28-19(32-20)12-3-2-4-14-16(12)13(9-25)17(26)33-14/h2-5,10H,6-8,26H2,1H3. The van der Waals surface area contributed by atoms with Crippen LogP contribution in [0.15, 0.2) is 34.9 Å². The van der Waals surface area contributed by atoms with E-state index in [1.54, 1.807) is 13.1 Å². The Bertz CT molecular complexity index is 1440. The Balaban J connectivity index is 1.41. The second kappa shape index (κ2) is 7.63. The first-order valence-electron chi connectivity index (χ1n) is 9.86. The molecule has 0 radical (unpaired) electrons. The van der Waals surface area contributed by atoms with Crippen molar-refractivity contribution < 1.29 is 17.6 Å². The average Bonchev–Trinajstić information content (AvgIpc) is 3.49. The van der Waals surface area contributed by atoms with Gasteiger partial charge in [-0.2, -0.15) is 18.4 Å². The Morgan fingerprint density at radius 2 is 2.09 bits per heavy atom. The predicted molar refractivity (Wildman–Crippen MR) is 117 cm³/mol. The first-order chi connectivity index (χ1) is 15.8. The molecular weight excluding hydrogens is 455 g/mol. The van der Waals surface area contributed by atoms with Crippen LogP contribution in [0.25, 0.3) is 27.1 Å². The van der Waals surface area contributed by atoms with E-state index in [2.05, 4.69) is 21.3 Å². The van der Waals surface area contributed by atoms with E-state index >= 15 is 0 Å². The number of alkyl halides is 3. The summed E-state index contributed by atoms with van der Waals surface area (Å²) in [4.78, 5) is 5.59. The van der Waals surface area contributed by atoms with Crippen molar-refractivity contribution in [3.63, 3.8) is 0 Å². The third-order valence-corrected chi connectivity index (χ3v) is 6.42. The lowest BCUT2D eigenvalue weighted by Gasteiger charge is -2.24. The molecule has 4 aromatic rings. The zero-order valence-electron chi connectivity index (χ0n) is 17.2. The number of rotatable bonds is 3. The van der Waals surface area contributed by atoms with Crippen molar-refractivity contribution in [1.29, 1.82) is 5.26 Å². The summed E-state index contributed by atoms with van der Waals surface area (Å²) in [6.45, 7) is 0.852. The van der Waals surface area contributed by atoms with E-state index in [1.807, 2.05) is 23.1 Å². The minimum absolute atomic E-state index is 0.263. The summed E-state index contributed by atoms with van der Waals surface area (Å²) in [5, 5.41) is 18.9. The molecular formula is C21H16F3N7OS. The number of benzene rings is 1. The minimum Gasteiger partial charge on any atom is -0.403 e. The molecule has 0 bridgehead atoms. The van der Waals surface area contributed by atoms with Crippen molar-refractivity contribution in [3.8, 4) is 17.5 Å². The van der Waals surface area contributed by atoms with Crippen LogP contribution in [0.4, 0.5) is 24.2 Å². The number of aryl methyl sites for hydroxylation is 1. The number of thiophene rings is 1. The maximum atomic E-state index is 13.0. The highest BCUT2D eigenvalue weighted by Crippen LogP contribution is 2.39. The highest BCUT2D eigenvalue weighted by molar-refractivity contribution is 7.23. The fourth-order valence-electron chi connectivity index (χ4n) is 3.86. The Kier molecular flexibility index (Phi) is 4.86. The Morgan fingerprint density at radius 1 is 1.27 bits per heavy atom. The Morgan fingerprint density at radius 3 is 2.76 bits per heavy atom. The van der Waals surface area contributed by atoms with Crippen molar-refractivity contribution in [2.45, 2.75) is 12.6 Å². The van der Waals surface area contributed by atoms with Crippen LogP contribution < -0.4 is 10.6 Å². The van der Waals surface area contributed by atoms with Gasteiger partial charge >= 0.3 is 12.2 Å². The van der Waals surface area contributed by atoms with E-state index in [0.717, 1.165) is 16.5 Å². The summed E-state index contributed by atoms with van der Waals surface area (Å²) >= 11 is 1.32. The first-order valence-corrected chi connectivity index (χ1v) is 10.7. The number of nitriles is 1. The second-order valence-corrected chi connectivity index (χ2v) is 8.59. The fourth-order valence-corrected chi connectivity index (χ4v) is 4.80. The molecule has 0 saturated carbocycles. The predicted octanol–water partition coefficient (Wildman–Crippen LogP) is 4.45. The number of imidazole rings is 1. The van der Waals surface area contributed by atoms with Gasteiger partial charge in [0.05, 0.1) is 5.56 Å². The van der Waals surface area contributed by atoms with Crippen LogP contribution in [0.2, 0.25) is 0 Å². The SMILES string of the molecule is Cn1cc(C(F)(F)F)nc1C1=CCN(c2nnc(-c3cccc4sc(N)c(C#N)c34)o2)CC1. The van der Waals surface area contributed by atoms with Crippen molar-refractivity contribution in [2.24, 2.45) is 7.05 Å². The average molecular weight is 471 g/mol. The lowest BCUT2D eigenvalue weighted by Crippen LogP contribution is -2.28. The highest BCUT2D eigenvalue weighted by Gasteiger charge is 2.35. The van der Waals surface area contributed by atoms with Gasteiger partial charge in [0.15, 0.2) is 5.69 Å². The molecule has 1 aliphatic heterocycles. The zero-order chi connectivity index (χ0) is 23.3. The quantitative estimate of drug-likeness (QED) is 0.470. The van der Waals surface area contributed by atoms with Gasteiger partial charge < -0.3 is 19.6 Å². The molecule has 5 rings (SSSR count). The van der Waals surface area contributed by atoms with Crippen LogP contribution in [-0.4, -0.2) is 32.8 Å². The largest absolute Gasteiger partial charge is 0.434 e. The molecule has 8 nitrogen and oxygen atoms in total. The van der Waals surface area contributed by atoms with E-state index in [0.29, 0.717) is 46.8 Å². The van der Waals surface area contributed by atoms with Crippen molar-refractivity contribution in [1.82, 2.24) is 19.7 Å². The summed E-state index contributed by atoms with van der Waals surface area (Å²) in [5.74, 6) is 0.553. The van der Waals surface area contributed by atoms with Crippen LogP contribution in [0.1, 0.15) is 23.5 Å². The molecule has 0 spiro atoms. The molecule has 12 heteroatoms. The lowest BCUT2D eigenvalue weighted by molar-refractivity contribution is -0.141. The number of nitrogen functional groups attached to an aromatic ring is 1. The molecule has 0 saturated heterocycles. The smallest absolute Gasteiger partial charge is 0.403 e. The number of nitrogens with two attached hydrogens (primary N) is 1. The maximum Gasteiger partial charge on any atom is 0.434 e. The molecule has 1 aliphatic rings. The van der Waals surface area contributed by atoms with Crippen LogP contribution in [-0.2, 0) is 13.2 Å². The fraction of sp³-hybridized carbons (Fsp3) is 0.238. The third-order valence-electron chi connectivity index (χ3n) is 5.43. The van der Waals surface area contributed by atoms with Gasteiger partial charge in [0.1, 0.15) is 16.9 Å². The van der Waals surface area contributed by atoms with E-state index in [4.69, 9.17) is 10.2 Å². The molecule has 3 aromatic heterocycles. The molecule has 0 aliphatic carbocycles. The van der Waals surface area contributed by atoms with Gasteiger partial charge in [-0.15, -0.1) is 16.4 Å². The minimum atomic E-state index is -4.49. The number of fused-ring (bicyclic) bond motifs is 1. The van der Waals surface area contributed by atoms with Gasteiger partial charge in [-0.1, -0.05) is 17.2 Å². The van der Waals surface area contributed by atoms with Gasteiger partial charge in [0, 0.05) is 42.0 Å². The number of aromatic nitrogens is 4. The summed E-state index contributed by atoms with van der Waals surface area (Å²) in [7, 11) is 1.54. The summed E-state index contributed by atoms with van der Waals surface area (Å²) in [6.07, 6.45) is -1.22. The number of hydrogen-bond acceptors (Lipinski definition) is 8. The van der Waals surface area contributed by atoms with Gasteiger partial charge in [-0.25, -0.2) is 4.98 Å².